The largest absolute Gasteiger partial charge is 0.454 e. The first-order valence-electron chi connectivity index (χ1n) is 15.1. The van der Waals surface area contributed by atoms with Crippen LogP contribution in [0.2, 0.25) is 0 Å². The number of thiocarbonyl (C=S) groups is 1. The average Bonchev–Trinajstić information content (AvgIpc) is 3.58. The van der Waals surface area contributed by atoms with Crippen LogP contribution in [0.4, 0.5) is 5.69 Å². The lowest BCUT2D eigenvalue weighted by Gasteiger charge is -2.52. The van der Waals surface area contributed by atoms with Gasteiger partial charge in [0.2, 0.25) is 6.79 Å². The standard InChI is InChI=1S/C35H37N3O3S/c1-3-7-23-17-29-27-13-10-21-16-25(37-38-34(42)36-24-8-5-4-6-9-24)12-14-26(21)32(27)28(19-35(29,2)33(23)39)22-11-15-30-31(18-22)41-20-40-30/h4-6,8-9,11,15-16,18,23,27-29,33,39H,10,12-14,17,19-20H2,1-2H3,(H2,36,38,42)/t23?,27-,28+,29-,33-,35-/m0/s1. The van der Waals surface area contributed by atoms with Crippen LogP contribution in [0.15, 0.2) is 76.4 Å². The SMILES string of the molecule is CC#CC1C[C@H]2[C@@H]3CCC4=CC(=NNC(=S)Nc5ccccc5)CCC4=C3[C@@H](c3ccc4c(c3)OCO4)C[C@]2(C)[C@H]1O. The zero-order valence-electron chi connectivity index (χ0n) is 24.2. The number of hydrogen-bond acceptors (Lipinski definition) is 5. The molecule has 2 aromatic carbocycles. The molecule has 2 saturated carbocycles. The van der Waals surface area contributed by atoms with Gasteiger partial charge in [0.1, 0.15) is 0 Å². The molecule has 0 spiro atoms. The van der Waals surface area contributed by atoms with Crippen LogP contribution in [-0.4, -0.2) is 28.8 Å². The summed E-state index contributed by atoms with van der Waals surface area (Å²) in [5.74, 6) is 9.19. The normalized spacial score (nSPS) is 31.7. The van der Waals surface area contributed by atoms with E-state index in [9.17, 15) is 5.11 Å². The van der Waals surface area contributed by atoms with Crippen LogP contribution < -0.4 is 20.2 Å². The smallest absolute Gasteiger partial charge is 0.231 e. The van der Waals surface area contributed by atoms with Crippen molar-refractivity contribution in [3.8, 4) is 23.3 Å². The van der Waals surface area contributed by atoms with Crippen molar-refractivity contribution in [2.75, 3.05) is 12.1 Å². The van der Waals surface area contributed by atoms with Gasteiger partial charge in [0, 0.05) is 17.5 Å². The highest BCUT2D eigenvalue weighted by molar-refractivity contribution is 7.80. The molecule has 5 aliphatic rings. The van der Waals surface area contributed by atoms with Gasteiger partial charge in [0.25, 0.3) is 0 Å². The van der Waals surface area contributed by atoms with Gasteiger partial charge in [-0.2, -0.15) is 5.10 Å². The van der Waals surface area contributed by atoms with Gasteiger partial charge in [-0.05, 0) is 122 Å². The van der Waals surface area contributed by atoms with Crippen molar-refractivity contribution < 1.29 is 14.6 Å². The van der Waals surface area contributed by atoms with Gasteiger partial charge < -0.3 is 19.9 Å². The minimum absolute atomic E-state index is 0.0354. The summed E-state index contributed by atoms with van der Waals surface area (Å²) in [4.78, 5) is 0. The number of rotatable bonds is 3. The summed E-state index contributed by atoms with van der Waals surface area (Å²) in [6.07, 6.45) is 7.66. The molecule has 0 saturated heterocycles. The topological polar surface area (TPSA) is 75.1 Å². The third-order valence-corrected chi connectivity index (χ3v) is 10.4. The number of para-hydroxylation sites is 1. The molecule has 1 aliphatic heterocycles. The summed E-state index contributed by atoms with van der Waals surface area (Å²) in [5, 5.41) is 20.0. The number of benzene rings is 2. The van der Waals surface area contributed by atoms with Gasteiger partial charge >= 0.3 is 0 Å². The van der Waals surface area contributed by atoms with E-state index in [1.54, 1.807) is 5.57 Å². The Morgan fingerprint density at radius 1 is 1.10 bits per heavy atom. The van der Waals surface area contributed by atoms with Crippen LogP contribution in [0.5, 0.6) is 11.5 Å². The number of allylic oxidation sites excluding steroid dienone is 4. The Morgan fingerprint density at radius 2 is 1.93 bits per heavy atom. The van der Waals surface area contributed by atoms with Crippen molar-refractivity contribution >= 4 is 28.7 Å². The molecule has 7 heteroatoms. The first-order chi connectivity index (χ1) is 20.4. The van der Waals surface area contributed by atoms with Crippen molar-refractivity contribution in [2.24, 2.45) is 28.3 Å². The van der Waals surface area contributed by atoms with E-state index in [1.165, 1.54) is 16.7 Å². The fourth-order valence-electron chi connectivity index (χ4n) is 8.34. The second-order valence-corrected chi connectivity index (χ2v) is 12.9. The molecule has 2 aromatic rings. The Kier molecular flexibility index (Phi) is 7.08. The summed E-state index contributed by atoms with van der Waals surface area (Å²) in [7, 11) is 0. The van der Waals surface area contributed by atoms with Gasteiger partial charge in [0.05, 0.1) is 11.8 Å². The number of aliphatic hydroxyl groups excluding tert-OH is 1. The van der Waals surface area contributed by atoms with E-state index in [-0.39, 0.29) is 24.0 Å². The molecule has 216 valence electrons. The Morgan fingerprint density at radius 3 is 2.76 bits per heavy atom. The van der Waals surface area contributed by atoms with Crippen molar-refractivity contribution in [1.82, 2.24) is 5.43 Å². The van der Waals surface area contributed by atoms with Gasteiger partial charge in [0.15, 0.2) is 16.6 Å². The molecule has 3 N–H and O–H groups in total. The lowest BCUT2D eigenvalue weighted by molar-refractivity contribution is -0.0102. The lowest BCUT2D eigenvalue weighted by Crippen LogP contribution is -2.45. The molecule has 0 aromatic heterocycles. The molecule has 7 rings (SSSR count). The van der Waals surface area contributed by atoms with Crippen LogP contribution in [0.1, 0.15) is 63.9 Å². The van der Waals surface area contributed by atoms with Gasteiger partial charge in [-0.3, -0.25) is 5.43 Å². The highest BCUT2D eigenvalue weighted by Gasteiger charge is 2.59. The number of fused-ring (bicyclic) bond motifs is 5. The van der Waals surface area contributed by atoms with E-state index in [1.807, 2.05) is 43.3 Å². The van der Waals surface area contributed by atoms with Crippen molar-refractivity contribution in [3.63, 3.8) is 0 Å². The van der Waals surface area contributed by atoms with E-state index >= 15 is 0 Å². The zero-order chi connectivity index (χ0) is 28.8. The third-order valence-electron chi connectivity index (χ3n) is 10.2. The summed E-state index contributed by atoms with van der Waals surface area (Å²) < 4.78 is 11.4. The summed E-state index contributed by atoms with van der Waals surface area (Å²) in [6.45, 7) is 4.47. The number of nitrogens with zero attached hydrogens (tertiary/aromatic N) is 1. The zero-order valence-corrected chi connectivity index (χ0v) is 25.0. The molecule has 0 bridgehead atoms. The minimum Gasteiger partial charge on any atom is -0.454 e. The van der Waals surface area contributed by atoms with Gasteiger partial charge in [-0.15, -0.1) is 5.92 Å². The monoisotopic (exact) mass is 579 g/mol. The molecule has 1 unspecified atom stereocenters. The van der Waals surface area contributed by atoms with E-state index in [0.29, 0.717) is 16.9 Å². The molecule has 6 atom stereocenters. The molecule has 42 heavy (non-hydrogen) atoms. The third kappa shape index (κ3) is 4.71. The molecule has 0 radical (unpaired) electrons. The molecule has 2 fully saturated rings. The highest BCUT2D eigenvalue weighted by Crippen LogP contribution is 2.65. The predicted molar refractivity (Wildman–Crippen MR) is 169 cm³/mol. The summed E-state index contributed by atoms with van der Waals surface area (Å²) in [6, 6.07) is 16.3. The quantitative estimate of drug-likeness (QED) is 0.214. The van der Waals surface area contributed by atoms with Gasteiger partial charge in [-0.1, -0.05) is 42.7 Å². The Balaban J connectivity index is 1.23. The first-order valence-corrected chi connectivity index (χ1v) is 15.5. The minimum atomic E-state index is -0.417. The van der Waals surface area contributed by atoms with Crippen molar-refractivity contribution in [2.45, 2.75) is 64.4 Å². The number of hydrogen-bond donors (Lipinski definition) is 3. The molecule has 6 nitrogen and oxygen atoms in total. The number of nitrogens with one attached hydrogen (secondary N) is 2. The summed E-state index contributed by atoms with van der Waals surface area (Å²) >= 11 is 5.48. The second-order valence-electron chi connectivity index (χ2n) is 12.4. The van der Waals surface area contributed by atoms with Crippen LogP contribution in [0.25, 0.3) is 0 Å². The Labute approximate surface area is 253 Å². The van der Waals surface area contributed by atoms with Crippen LogP contribution in [0.3, 0.4) is 0 Å². The maximum Gasteiger partial charge on any atom is 0.231 e. The first kappa shape index (κ1) is 27.2. The molecule has 0 amide bonds. The fraction of sp³-hybridized carbons (Fsp3) is 0.429. The van der Waals surface area contributed by atoms with Crippen molar-refractivity contribution in [3.05, 3.63) is 76.9 Å². The van der Waals surface area contributed by atoms with E-state index in [2.05, 4.69) is 52.8 Å². The maximum atomic E-state index is 11.6. The lowest BCUT2D eigenvalue weighted by atomic mass is 9.53. The number of ether oxygens (including phenoxy) is 2. The number of hydrazone groups is 1. The van der Waals surface area contributed by atoms with Crippen LogP contribution in [0, 0.1) is 35.0 Å². The van der Waals surface area contributed by atoms with Crippen LogP contribution >= 0.6 is 12.2 Å². The highest BCUT2D eigenvalue weighted by atomic mass is 32.1. The molecule has 4 aliphatic carbocycles. The predicted octanol–water partition coefficient (Wildman–Crippen LogP) is 6.70. The average molecular weight is 580 g/mol. The van der Waals surface area contributed by atoms with Gasteiger partial charge in [-0.25, -0.2) is 0 Å². The Hall–Kier alpha value is -3.60. The fourth-order valence-corrected chi connectivity index (χ4v) is 8.51. The Bertz CT molecular complexity index is 1570. The van der Waals surface area contributed by atoms with Crippen molar-refractivity contribution in [1.29, 1.82) is 0 Å². The maximum absolute atomic E-state index is 11.6. The van der Waals surface area contributed by atoms with E-state index in [0.717, 1.165) is 61.4 Å². The summed E-state index contributed by atoms with van der Waals surface area (Å²) in [5.41, 5.74) is 10.5. The molecule has 1 heterocycles. The molecular weight excluding hydrogens is 542 g/mol. The van der Waals surface area contributed by atoms with E-state index in [4.69, 9.17) is 21.7 Å². The second kappa shape index (κ2) is 10.9. The number of aliphatic hydroxyl groups is 1. The number of anilines is 1. The van der Waals surface area contributed by atoms with Crippen LogP contribution in [-0.2, 0) is 0 Å². The molecular formula is C35H37N3O3S. The van der Waals surface area contributed by atoms with E-state index < -0.39 is 6.10 Å².